The van der Waals surface area contributed by atoms with Gasteiger partial charge in [0.05, 0.1) is 19.3 Å². The zero-order valence-electron chi connectivity index (χ0n) is 12.7. The first-order valence-electron chi connectivity index (χ1n) is 6.90. The van der Waals surface area contributed by atoms with Gasteiger partial charge in [0.1, 0.15) is 0 Å². The van der Waals surface area contributed by atoms with Crippen molar-refractivity contribution >= 4 is 11.9 Å². The Labute approximate surface area is 115 Å². The van der Waals surface area contributed by atoms with Crippen LogP contribution < -0.4 is 0 Å². The standard InChI is InChI=1S/C14H26O5/c1-6-14(12(15)17-7-2,13(16)18-8-3)9-10-19-11(4)5/h11H,6-10H2,1-5H3. The summed E-state index contributed by atoms with van der Waals surface area (Å²) in [6.45, 7) is 9.83. The molecule has 19 heavy (non-hydrogen) atoms. The average molecular weight is 274 g/mol. The van der Waals surface area contributed by atoms with Gasteiger partial charge in [0.2, 0.25) is 0 Å². The Bertz CT molecular complexity index is 268. The van der Waals surface area contributed by atoms with Crippen LogP contribution in [0.3, 0.4) is 0 Å². The molecular weight excluding hydrogens is 248 g/mol. The van der Waals surface area contributed by atoms with Crippen LogP contribution in [0.2, 0.25) is 0 Å². The van der Waals surface area contributed by atoms with Crippen LogP contribution in [0.5, 0.6) is 0 Å². The lowest BCUT2D eigenvalue weighted by atomic mass is 9.82. The molecule has 0 rings (SSSR count). The normalized spacial score (nSPS) is 11.5. The lowest BCUT2D eigenvalue weighted by Gasteiger charge is -2.28. The summed E-state index contributed by atoms with van der Waals surface area (Å²) < 4.78 is 15.5. The molecule has 0 spiro atoms. The van der Waals surface area contributed by atoms with Gasteiger partial charge in [-0.3, -0.25) is 9.59 Å². The van der Waals surface area contributed by atoms with Crippen LogP contribution in [-0.2, 0) is 23.8 Å². The molecule has 0 aromatic carbocycles. The minimum Gasteiger partial charge on any atom is -0.465 e. The van der Waals surface area contributed by atoms with Crippen molar-refractivity contribution < 1.29 is 23.8 Å². The first-order chi connectivity index (χ1) is 8.94. The van der Waals surface area contributed by atoms with E-state index in [4.69, 9.17) is 14.2 Å². The summed E-state index contributed by atoms with van der Waals surface area (Å²) in [6.07, 6.45) is 0.671. The van der Waals surface area contributed by atoms with E-state index in [1.54, 1.807) is 20.8 Å². The largest absolute Gasteiger partial charge is 0.465 e. The molecule has 0 saturated heterocycles. The number of ether oxygens (including phenoxy) is 3. The molecule has 0 bridgehead atoms. The number of esters is 2. The van der Waals surface area contributed by atoms with E-state index in [1.165, 1.54) is 0 Å². The van der Waals surface area contributed by atoms with Crippen LogP contribution in [0.15, 0.2) is 0 Å². The van der Waals surface area contributed by atoms with Crippen LogP contribution in [0.4, 0.5) is 0 Å². The molecule has 0 aliphatic rings. The Morgan fingerprint density at radius 1 is 1.00 bits per heavy atom. The van der Waals surface area contributed by atoms with E-state index >= 15 is 0 Å². The summed E-state index contributed by atoms with van der Waals surface area (Å²) in [5.41, 5.74) is -1.25. The van der Waals surface area contributed by atoms with Crippen LogP contribution in [0, 0.1) is 5.41 Å². The van der Waals surface area contributed by atoms with Gasteiger partial charge in [-0.05, 0) is 40.5 Å². The third kappa shape index (κ3) is 5.19. The van der Waals surface area contributed by atoms with Crippen molar-refractivity contribution in [3.05, 3.63) is 0 Å². The Morgan fingerprint density at radius 2 is 1.47 bits per heavy atom. The van der Waals surface area contributed by atoms with Gasteiger partial charge in [-0.2, -0.15) is 0 Å². The maximum atomic E-state index is 12.1. The average Bonchev–Trinajstić information content (AvgIpc) is 2.35. The SMILES string of the molecule is CCOC(=O)C(CC)(CCOC(C)C)C(=O)OCC. The van der Waals surface area contributed by atoms with Gasteiger partial charge in [-0.1, -0.05) is 6.92 Å². The predicted octanol–water partition coefficient (Wildman–Crippen LogP) is 2.32. The lowest BCUT2D eigenvalue weighted by Crippen LogP contribution is -2.42. The molecular formula is C14H26O5. The van der Waals surface area contributed by atoms with Gasteiger partial charge >= 0.3 is 11.9 Å². The molecule has 5 nitrogen and oxygen atoms in total. The highest BCUT2D eigenvalue weighted by Gasteiger charge is 2.47. The molecule has 0 amide bonds. The summed E-state index contributed by atoms with van der Waals surface area (Å²) in [4.78, 5) is 24.2. The minimum absolute atomic E-state index is 0.0546. The molecule has 0 fully saturated rings. The second kappa shape index (κ2) is 8.91. The Kier molecular flexibility index (Phi) is 8.39. The number of carbonyl (C=O) groups excluding carboxylic acids is 2. The Hall–Kier alpha value is -1.10. The number of hydrogen-bond acceptors (Lipinski definition) is 5. The van der Waals surface area contributed by atoms with E-state index in [1.807, 2.05) is 13.8 Å². The Balaban J connectivity index is 4.94. The van der Waals surface area contributed by atoms with E-state index < -0.39 is 17.4 Å². The summed E-state index contributed by atoms with van der Waals surface area (Å²) in [5, 5.41) is 0. The first kappa shape index (κ1) is 17.9. The zero-order chi connectivity index (χ0) is 14.9. The highest BCUT2D eigenvalue weighted by Crippen LogP contribution is 2.30. The molecule has 0 atom stereocenters. The second-order valence-electron chi connectivity index (χ2n) is 4.55. The molecule has 0 aliphatic carbocycles. The van der Waals surface area contributed by atoms with Gasteiger partial charge in [0.25, 0.3) is 0 Å². The molecule has 0 radical (unpaired) electrons. The number of rotatable bonds is 9. The third-order valence-electron chi connectivity index (χ3n) is 2.92. The summed E-state index contributed by atoms with van der Waals surface area (Å²) >= 11 is 0. The van der Waals surface area contributed by atoms with Gasteiger partial charge in [0, 0.05) is 6.61 Å². The maximum Gasteiger partial charge on any atom is 0.323 e. The fourth-order valence-corrected chi connectivity index (χ4v) is 1.76. The van der Waals surface area contributed by atoms with Crippen LogP contribution in [0.1, 0.15) is 47.5 Å². The van der Waals surface area contributed by atoms with E-state index in [0.29, 0.717) is 13.0 Å². The van der Waals surface area contributed by atoms with E-state index in [-0.39, 0.29) is 25.7 Å². The van der Waals surface area contributed by atoms with Gasteiger partial charge in [-0.25, -0.2) is 0 Å². The van der Waals surface area contributed by atoms with Gasteiger partial charge < -0.3 is 14.2 Å². The van der Waals surface area contributed by atoms with Crippen molar-refractivity contribution in [3.8, 4) is 0 Å². The quantitative estimate of drug-likeness (QED) is 0.477. The summed E-state index contributed by atoms with van der Waals surface area (Å²) in [5.74, 6) is -1.05. The maximum absolute atomic E-state index is 12.1. The molecule has 112 valence electrons. The van der Waals surface area contributed by atoms with E-state index in [9.17, 15) is 9.59 Å². The van der Waals surface area contributed by atoms with Crippen molar-refractivity contribution in [1.82, 2.24) is 0 Å². The fourth-order valence-electron chi connectivity index (χ4n) is 1.76. The van der Waals surface area contributed by atoms with Crippen LogP contribution in [0.25, 0.3) is 0 Å². The minimum atomic E-state index is -1.25. The molecule has 0 aliphatic heterocycles. The smallest absolute Gasteiger partial charge is 0.323 e. The third-order valence-corrected chi connectivity index (χ3v) is 2.92. The zero-order valence-corrected chi connectivity index (χ0v) is 12.7. The first-order valence-corrected chi connectivity index (χ1v) is 6.90. The molecule has 0 unspecified atom stereocenters. The summed E-state index contributed by atoms with van der Waals surface area (Å²) in [6, 6.07) is 0. The topological polar surface area (TPSA) is 61.8 Å². The van der Waals surface area contributed by atoms with E-state index in [2.05, 4.69) is 0 Å². The monoisotopic (exact) mass is 274 g/mol. The number of carbonyl (C=O) groups is 2. The Morgan fingerprint density at radius 3 is 1.79 bits per heavy atom. The molecule has 0 heterocycles. The lowest BCUT2D eigenvalue weighted by molar-refractivity contribution is -0.174. The van der Waals surface area contributed by atoms with Gasteiger partial charge in [0.15, 0.2) is 5.41 Å². The highest BCUT2D eigenvalue weighted by atomic mass is 16.6. The van der Waals surface area contributed by atoms with E-state index in [0.717, 1.165) is 0 Å². The van der Waals surface area contributed by atoms with Crippen LogP contribution >= 0.6 is 0 Å². The second-order valence-corrected chi connectivity index (χ2v) is 4.55. The van der Waals surface area contributed by atoms with Gasteiger partial charge in [-0.15, -0.1) is 0 Å². The van der Waals surface area contributed by atoms with Crippen LogP contribution in [-0.4, -0.2) is 37.9 Å². The molecule has 0 aromatic heterocycles. The fraction of sp³-hybridized carbons (Fsp3) is 0.857. The van der Waals surface area contributed by atoms with Crippen molar-refractivity contribution in [2.75, 3.05) is 19.8 Å². The van der Waals surface area contributed by atoms with Crippen molar-refractivity contribution in [3.63, 3.8) is 0 Å². The predicted molar refractivity (Wildman–Crippen MR) is 71.7 cm³/mol. The molecule has 0 saturated carbocycles. The molecule has 5 heteroatoms. The molecule has 0 aromatic rings. The van der Waals surface area contributed by atoms with Crippen molar-refractivity contribution in [2.24, 2.45) is 5.41 Å². The number of hydrogen-bond donors (Lipinski definition) is 0. The highest BCUT2D eigenvalue weighted by molar-refractivity contribution is 6.00. The summed E-state index contributed by atoms with van der Waals surface area (Å²) in [7, 11) is 0. The van der Waals surface area contributed by atoms with Crippen molar-refractivity contribution in [1.29, 1.82) is 0 Å². The molecule has 0 N–H and O–H groups in total. The van der Waals surface area contributed by atoms with Crippen molar-refractivity contribution in [2.45, 2.75) is 53.6 Å².